The minimum Gasteiger partial charge on any atom is -0.368 e. The van der Waals surface area contributed by atoms with Gasteiger partial charge in [0.2, 0.25) is 5.91 Å². The quantitative estimate of drug-likeness (QED) is 0.478. The van der Waals surface area contributed by atoms with Crippen molar-refractivity contribution in [2.75, 3.05) is 31.1 Å². The molecule has 1 fully saturated rings. The third kappa shape index (κ3) is 5.65. The SMILES string of the molecule is CCCC(Sc1nc(C)cc(=O)n1C)C(=O)N1CCN(c2cccc(C(F)(F)F)c2)CC1. The van der Waals surface area contributed by atoms with Crippen LogP contribution in [0.1, 0.15) is 31.0 Å². The van der Waals surface area contributed by atoms with E-state index in [1.807, 2.05) is 11.8 Å². The van der Waals surface area contributed by atoms with Gasteiger partial charge in [-0.05, 0) is 31.5 Å². The van der Waals surface area contributed by atoms with E-state index in [9.17, 15) is 22.8 Å². The molecule has 2 heterocycles. The van der Waals surface area contributed by atoms with Gasteiger partial charge >= 0.3 is 6.18 Å². The molecule has 1 aromatic carbocycles. The highest BCUT2D eigenvalue weighted by molar-refractivity contribution is 8.00. The minimum absolute atomic E-state index is 0.0312. The van der Waals surface area contributed by atoms with Crippen molar-refractivity contribution in [2.24, 2.45) is 7.05 Å². The van der Waals surface area contributed by atoms with Crippen molar-refractivity contribution >= 4 is 23.4 Å². The zero-order valence-electron chi connectivity index (χ0n) is 18.4. The molecule has 1 atom stereocenters. The minimum atomic E-state index is -4.39. The van der Waals surface area contributed by atoms with E-state index in [0.717, 1.165) is 18.6 Å². The van der Waals surface area contributed by atoms with Crippen molar-refractivity contribution in [3.05, 3.63) is 51.9 Å². The summed E-state index contributed by atoms with van der Waals surface area (Å²) in [4.78, 5) is 33.3. The summed E-state index contributed by atoms with van der Waals surface area (Å²) < 4.78 is 40.5. The second kappa shape index (κ2) is 9.97. The number of thioether (sulfide) groups is 1. The topological polar surface area (TPSA) is 58.4 Å². The van der Waals surface area contributed by atoms with Crippen LogP contribution in [0.4, 0.5) is 18.9 Å². The first-order chi connectivity index (χ1) is 15.1. The van der Waals surface area contributed by atoms with E-state index in [1.54, 1.807) is 24.9 Å². The summed E-state index contributed by atoms with van der Waals surface area (Å²) in [7, 11) is 1.64. The highest BCUT2D eigenvalue weighted by Crippen LogP contribution is 2.32. The first-order valence-electron chi connectivity index (χ1n) is 10.5. The molecule has 1 unspecified atom stereocenters. The second-order valence-corrected chi connectivity index (χ2v) is 9.00. The van der Waals surface area contributed by atoms with Gasteiger partial charge in [0.25, 0.3) is 5.56 Å². The lowest BCUT2D eigenvalue weighted by Crippen LogP contribution is -2.51. The lowest BCUT2D eigenvalue weighted by atomic mass is 10.1. The lowest BCUT2D eigenvalue weighted by Gasteiger charge is -2.37. The highest BCUT2D eigenvalue weighted by Gasteiger charge is 2.32. The number of piperazine rings is 1. The van der Waals surface area contributed by atoms with Gasteiger partial charge in [0.15, 0.2) is 5.16 Å². The number of alkyl halides is 3. The largest absolute Gasteiger partial charge is 0.416 e. The maximum Gasteiger partial charge on any atom is 0.416 e. The van der Waals surface area contributed by atoms with Gasteiger partial charge in [-0.25, -0.2) is 4.98 Å². The summed E-state index contributed by atoms with van der Waals surface area (Å²) in [5.74, 6) is -0.0312. The number of hydrogen-bond donors (Lipinski definition) is 0. The third-order valence-electron chi connectivity index (χ3n) is 5.43. The normalized spacial score (nSPS) is 15.7. The zero-order chi connectivity index (χ0) is 23.5. The molecule has 1 aliphatic heterocycles. The van der Waals surface area contributed by atoms with Gasteiger partial charge in [0.05, 0.1) is 10.8 Å². The number of hydrogen-bond acceptors (Lipinski definition) is 5. The molecule has 0 spiro atoms. The summed E-state index contributed by atoms with van der Waals surface area (Å²) in [6.07, 6.45) is -2.95. The van der Waals surface area contributed by atoms with Gasteiger partial charge in [-0.3, -0.25) is 14.2 Å². The van der Waals surface area contributed by atoms with Crippen LogP contribution in [0, 0.1) is 6.92 Å². The molecule has 0 N–H and O–H groups in total. The Bertz CT molecular complexity index is 1020. The van der Waals surface area contributed by atoms with Gasteiger partial charge in [-0.15, -0.1) is 0 Å². The number of aryl methyl sites for hydroxylation is 1. The molecule has 174 valence electrons. The Kier molecular flexibility index (Phi) is 7.53. The Hall–Kier alpha value is -2.49. The van der Waals surface area contributed by atoms with E-state index in [-0.39, 0.29) is 16.7 Å². The Morgan fingerprint density at radius 3 is 2.50 bits per heavy atom. The van der Waals surface area contributed by atoms with Crippen LogP contribution in [0.2, 0.25) is 0 Å². The monoisotopic (exact) mass is 468 g/mol. The smallest absolute Gasteiger partial charge is 0.368 e. The van der Waals surface area contributed by atoms with Crippen LogP contribution in [-0.2, 0) is 18.0 Å². The first kappa shape index (κ1) is 24.2. The standard InChI is InChI=1S/C22H27F3N4O2S/c1-4-6-18(32-21-26-15(2)13-19(30)27(21)3)20(31)29-11-9-28(10-12-29)17-8-5-7-16(14-17)22(23,24)25/h5,7-8,13-14,18H,4,6,9-12H2,1-3H3. The summed E-state index contributed by atoms with van der Waals surface area (Å²) in [6, 6.07) is 6.72. The van der Waals surface area contributed by atoms with E-state index >= 15 is 0 Å². The maximum atomic E-state index is 13.2. The number of carbonyl (C=O) groups is 1. The molecule has 1 amide bonds. The number of carbonyl (C=O) groups excluding carboxylic acids is 1. The molecule has 10 heteroatoms. The van der Waals surface area contributed by atoms with E-state index in [4.69, 9.17) is 0 Å². The summed E-state index contributed by atoms with van der Waals surface area (Å²) in [5, 5.41) is 0.129. The number of benzene rings is 1. The van der Waals surface area contributed by atoms with Gasteiger partial charge in [-0.2, -0.15) is 13.2 Å². The Balaban J connectivity index is 1.68. The Morgan fingerprint density at radius 1 is 1.19 bits per heavy atom. The number of aromatic nitrogens is 2. The average molecular weight is 469 g/mol. The molecule has 32 heavy (non-hydrogen) atoms. The third-order valence-corrected chi connectivity index (χ3v) is 6.72. The van der Waals surface area contributed by atoms with Gasteiger partial charge in [0, 0.05) is 50.7 Å². The molecule has 1 saturated heterocycles. The molecular formula is C22H27F3N4O2S. The molecule has 6 nitrogen and oxygen atoms in total. The lowest BCUT2D eigenvalue weighted by molar-refractivity contribution is -0.137. The van der Waals surface area contributed by atoms with Crippen LogP contribution in [0.5, 0.6) is 0 Å². The average Bonchev–Trinajstić information content (AvgIpc) is 2.76. The zero-order valence-corrected chi connectivity index (χ0v) is 19.2. The van der Waals surface area contributed by atoms with Crippen molar-refractivity contribution < 1.29 is 18.0 Å². The summed E-state index contributed by atoms with van der Waals surface area (Å²) >= 11 is 1.29. The fourth-order valence-electron chi connectivity index (χ4n) is 3.62. The van der Waals surface area contributed by atoms with E-state index in [1.165, 1.54) is 28.5 Å². The fourth-order valence-corrected chi connectivity index (χ4v) is 4.93. The Morgan fingerprint density at radius 2 is 1.88 bits per heavy atom. The van der Waals surface area contributed by atoms with E-state index in [0.29, 0.717) is 49.1 Å². The van der Waals surface area contributed by atoms with Crippen molar-refractivity contribution in [2.45, 2.75) is 43.3 Å². The molecule has 0 saturated carbocycles. The van der Waals surface area contributed by atoms with E-state index in [2.05, 4.69) is 4.98 Å². The molecule has 1 aromatic heterocycles. The molecule has 0 aliphatic carbocycles. The van der Waals surface area contributed by atoms with Gasteiger partial charge in [-0.1, -0.05) is 31.2 Å². The van der Waals surface area contributed by atoms with Crippen molar-refractivity contribution in [1.29, 1.82) is 0 Å². The molecule has 2 aromatic rings. The molecule has 0 radical (unpaired) electrons. The van der Waals surface area contributed by atoms with E-state index < -0.39 is 11.7 Å². The van der Waals surface area contributed by atoms with Crippen LogP contribution in [0.25, 0.3) is 0 Å². The van der Waals surface area contributed by atoms with Gasteiger partial charge in [0.1, 0.15) is 0 Å². The maximum absolute atomic E-state index is 13.2. The molecular weight excluding hydrogens is 441 g/mol. The van der Waals surface area contributed by atoms with Crippen molar-refractivity contribution in [3.63, 3.8) is 0 Å². The number of anilines is 1. The summed E-state index contributed by atoms with van der Waals surface area (Å²) in [6.45, 7) is 5.51. The predicted molar refractivity (Wildman–Crippen MR) is 119 cm³/mol. The van der Waals surface area contributed by atoms with Crippen LogP contribution in [0.3, 0.4) is 0 Å². The predicted octanol–water partition coefficient (Wildman–Crippen LogP) is 3.72. The Labute approximate surface area is 189 Å². The van der Waals surface area contributed by atoms with Crippen LogP contribution in [-0.4, -0.2) is 51.8 Å². The number of rotatable bonds is 6. The van der Waals surface area contributed by atoms with Crippen LogP contribution in [0.15, 0.2) is 40.3 Å². The van der Waals surface area contributed by atoms with Crippen molar-refractivity contribution in [1.82, 2.24) is 14.5 Å². The fraction of sp³-hybridized carbons (Fsp3) is 0.500. The molecule has 0 bridgehead atoms. The highest BCUT2D eigenvalue weighted by atomic mass is 32.2. The second-order valence-electron chi connectivity index (χ2n) is 7.83. The molecule has 1 aliphatic rings. The van der Waals surface area contributed by atoms with Crippen LogP contribution < -0.4 is 10.5 Å². The van der Waals surface area contributed by atoms with Crippen LogP contribution >= 0.6 is 11.8 Å². The molecule has 3 rings (SSSR count). The number of halogens is 3. The first-order valence-corrected chi connectivity index (χ1v) is 11.4. The number of amides is 1. The summed E-state index contributed by atoms with van der Waals surface area (Å²) in [5.41, 5.74) is 0.264. The van der Waals surface area contributed by atoms with Gasteiger partial charge < -0.3 is 9.80 Å². The van der Waals surface area contributed by atoms with Crippen molar-refractivity contribution in [3.8, 4) is 0 Å². The number of nitrogens with zero attached hydrogens (tertiary/aromatic N) is 4.